The topological polar surface area (TPSA) is 60.2 Å². The second kappa shape index (κ2) is 11.4. The third-order valence-electron chi connectivity index (χ3n) is 2.83. The van der Waals surface area contributed by atoms with E-state index in [1.165, 1.54) is 0 Å². The Morgan fingerprint density at radius 3 is 2.71 bits per heavy atom. The van der Waals surface area contributed by atoms with Crippen LogP contribution in [0.5, 0.6) is 0 Å². The summed E-state index contributed by atoms with van der Waals surface area (Å²) in [5.74, 6) is 1.51. The van der Waals surface area contributed by atoms with Crippen LogP contribution in [0.3, 0.4) is 0 Å². The first kappa shape index (κ1) is 19.7. The normalized spacial score (nSPS) is 10.7. The summed E-state index contributed by atoms with van der Waals surface area (Å²) in [5, 5.41) is 15.4. The number of nitrogens with one attached hydrogen (secondary N) is 2. The second-order valence-corrected chi connectivity index (χ2v) is 5.12. The Kier molecular flexibility index (Phi) is 10.7. The van der Waals surface area contributed by atoms with Crippen molar-refractivity contribution in [1.29, 1.82) is 5.26 Å². The quantitative estimate of drug-likeness (QED) is 0.438. The van der Waals surface area contributed by atoms with Crippen LogP contribution in [-0.4, -0.2) is 19.0 Å². The van der Waals surface area contributed by atoms with E-state index in [0.717, 1.165) is 31.0 Å². The Labute approximate surface area is 145 Å². The first-order valence-electron chi connectivity index (χ1n) is 7.17. The SMILES string of the molecule is CCNC(=NCc1cccc(C#N)c1)NCCC(C)C.I. The minimum absolute atomic E-state index is 0. The minimum Gasteiger partial charge on any atom is -0.357 e. The van der Waals surface area contributed by atoms with Crippen LogP contribution in [0, 0.1) is 17.2 Å². The van der Waals surface area contributed by atoms with Crippen molar-refractivity contribution in [2.24, 2.45) is 10.9 Å². The molecule has 5 heteroatoms. The number of hydrogen-bond donors (Lipinski definition) is 2. The zero-order chi connectivity index (χ0) is 14.8. The smallest absolute Gasteiger partial charge is 0.191 e. The molecule has 1 aromatic carbocycles. The zero-order valence-electron chi connectivity index (χ0n) is 13.0. The molecule has 1 aromatic rings. The predicted molar refractivity (Wildman–Crippen MR) is 98.8 cm³/mol. The number of benzene rings is 1. The standard InChI is InChI=1S/C16H24N4.HI/c1-4-18-16(19-9-8-13(2)3)20-12-15-7-5-6-14(10-15)11-17;/h5-7,10,13H,4,8-9,12H2,1-3H3,(H2,18,19,20);1H. The highest BCUT2D eigenvalue weighted by atomic mass is 127. The number of nitriles is 1. The zero-order valence-corrected chi connectivity index (χ0v) is 15.3. The fourth-order valence-electron chi connectivity index (χ4n) is 1.73. The molecule has 0 fully saturated rings. The number of hydrogen-bond acceptors (Lipinski definition) is 2. The molecular weight excluding hydrogens is 375 g/mol. The molecule has 0 amide bonds. The second-order valence-electron chi connectivity index (χ2n) is 5.12. The maximum Gasteiger partial charge on any atom is 0.191 e. The Hall–Kier alpha value is -1.29. The van der Waals surface area contributed by atoms with Crippen molar-refractivity contribution in [2.75, 3.05) is 13.1 Å². The Bertz CT molecular complexity index is 477. The summed E-state index contributed by atoms with van der Waals surface area (Å²) in [6.07, 6.45) is 1.12. The average molecular weight is 400 g/mol. The van der Waals surface area contributed by atoms with Crippen molar-refractivity contribution in [2.45, 2.75) is 33.7 Å². The average Bonchev–Trinajstić information content (AvgIpc) is 2.44. The van der Waals surface area contributed by atoms with Crippen molar-refractivity contribution in [3.05, 3.63) is 35.4 Å². The molecule has 0 bridgehead atoms. The largest absolute Gasteiger partial charge is 0.357 e. The Balaban J connectivity index is 0.00000400. The maximum atomic E-state index is 8.88. The molecule has 21 heavy (non-hydrogen) atoms. The molecular formula is C16H25IN4. The van der Waals surface area contributed by atoms with Crippen LogP contribution < -0.4 is 10.6 Å². The number of halogens is 1. The van der Waals surface area contributed by atoms with Gasteiger partial charge in [0.2, 0.25) is 0 Å². The highest BCUT2D eigenvalue weighted by Crippen LogP contribution is 2.05. The van der Waals surface area contributed by atoms with Gasteiger partial charge >= 0.3 is 0 Å². The van der Waals surface area contributed by atoms with Gasteiger partial charge in [0.1, 0.15) is 0 Å². The molecule has 0 saturated heterocycles. The molecule has 0 aromatic heterocycles. The first-order chi connectivity index (χ1) is 9.65. The number of guanidine groups is 1. The summed E-state index contributed by atoms with van der Waals surface area (Å²) >= 11 is 0. The fraction of sp³-hybridized carbons (Fsp3) is 0.500. The van der Waals surface area contributed by atoms with E-state index in [0.29, 0.717) is 18.0 Å². The summed E-state index contributed by atoms with van der Waals surface area (Å²) in [6.45, 7) is 8.80. The van der Waals surface area contributed by atoms with E-state index < -0.39 is 0 Å². The lowest BCUT2D eigenvalue weighted by molar-refractivity contribution is 0.573. The van der Waals surface area contributed by atoms with Crippen molar-refractivity contribution in [3.8, 4) is 6.07 Å². The van der Waals surface area contributed by atoms with Gasteiger partial charge in [-0.2, -0.15) is 5.26 Å². The monoisotopic (exact) mass is 400 g/mol. The van der Waals surface area contributed by atoms with E-state index >= 15 is 0 Å². The van der Waals surface area contributed by atoms with Crippen LogP contribution in [0.2, 0.25) is 0 Å². The third-order valence-corrected chi connectivity index (χ3v) is 2.83. The summed E-state index contributed by atoms with van der Waals surface area (Å²) in [7, 11) is 0. The molecule has 4 nitrogen and oxygen atoms in total. The van der Waals surface area contributed by atoms with Gasteiger partial charge in [-0.15, -0.1) is 24.0 Å². The van der Waals surface area contributed by atoms with E-state index in [9.17, 15) is 0 Å². The van der Waals surface area contributed by atoms with Crippen LogP contribution in [-0.2, 0) is 6.54 Å². The lowest BCUT2D eigenvalue weighted by Gasteiger charge is -2.12. The highest BCUT2D eigenvalue weighted by Gasteiger charge is 1.99. The van der Waals surface area contributed by atoms with Crippen LogP contribution in [0.25, 0.3) is 0 Å². The van der Waals surface area contributed by atoms with Gasteiger partial charge in [0.05, 0.1) is 18.2 Å². The molecule has 116 valence electrons. The van der Waals surface area contributed by atoms with Crippen molar-refractivity contribution < 1.29 is 0 Å². The molecule has 0 aliphatic heterocycles. The van der Waals surface area contributed by atoms with Gasteiger partial charge in [-0.05, 0) is 37.0 Å². The van der Waals surface area contributed by atoms with E-state index in [2.05, 4.69) is 42.5 Å². The lowest BCUT2D eigenvalue weighted by atomic mass is 10.1. The summed E-state index contributed by atoms with van der Waals surface area (Å²) in [6, 6.07) is 9.71. The predicted octanol–water partition coefficient (Wildman–Crippen LogP) is 3.28. The van der Waals surface area contributed by atoms with Crippen LogP contribution in [0.1, 0.15) is 38.3 Å². The van der Waals surface area contributed by atoms with E-state index in [-0.39, 0.29) is 24.0 Å². The molecule has 0 unspecified atom stereocenters. The molecule has 0 heterocycles. The van der Waals surface area contributed by atoms with Gasteiger partial charge in [0.25, 0.3) is 0 Å². The summed E-state index contributed by atoms with van der Waals surface area (Å²) in [5.41, 5.74) is 1.72. The Morgan fingerprint density at radius 1 is 1.33 bits per heavy atom. The molecule has 0 aliphatic rings. The molecule has 0 aliphatic carbocycles. The molecule has 0 atom stereocenters. The van der Waals surface area contributed by atoms with E-state index in [1.54, 1.807) is 6.07 Å². The maximum absolute atomic E-state index is 8.88. The highest BCUT2D eigenvalue weighted by molar-refractivity contribution is 14.0. The fourth-order valence-corrected chi connectivity index (χ4v) is 1.73. The van der Waals surface area contributed by atoms with Crippen molar-refractivity contribution in [3.63, 3.8) is 0 Å². The van der Waals surface area contributed by atoms with E-state index in [1.807, 2.05) is 18.2 Å². The first-order valence-corrected chi connectivity index (χ1v) is 7.17. The van der Waals surface area contributed by atoms with Gasteiger partial charge in [-0.3, -0.25) is 0 Å². The molecule has 2 N–H and O–H groups in total. The number of rotatable bonds is 6. The van der Waals surface area contributed by atoms with Gasteiger partial charge in [0, 0.05) is 13.1 Å². The molecule has 0 spiro atoms. The van der Waals surface area contributed by atoms with Crippen LogP contribution in [0.4, 0.5) is 0 Å². The lowest BCUT2D eigenvalue weighted by Crippen LogP contribution is -2.38. The van der Waals surface area contributed by atoms with Crippen LogP contribution in [0.15, 0.2) is 29.3 Å². The van der Waals surface area contributed by atoms with Gasteiger partial charge in [-0.1, -0.05) is 26.0 Å². The number of nitrogens with zero attached hydrogens (tertiary/aromatic N) is 2. The minimum atomic E-state index is 0. The van der Waals surface area contributed by atoms with E-state index in [4.69, 9.17) is 5.26 Å². The van der Waals surface area contributed by atoms with Crippen molar-refractivity contribution >= 4 is 29.9 Å². The van der Waals surface area contributed by atoms with Gasteiger partial charge < -0.3 is 10.6 Å². The molecule has 0 radical (unpaired) electrons. The molecule has 0 saturated carbocycles. The summed E-state index contributed by atoms with van der Waals surface area (Å²) in [4.78, 5) is 4.54. The van der Waals surface area contributed by atoms with Gasteiger partial charge in [0.15, 0.2) is 5.96 Å². The summed E-state index contributed by atoms with van der Waals surface area (Å²) < 4.78 is 0. The van der Waals surface area contributed by atoms with Crippen LogP contribution >= 0.6 is 24.0 Å². The van der Waals surface area contributed by atoms with Gasteiger partial charge in [-0.25, -0.2) is 4.99 Å². The third kappa shape index (κ3) is 8.56. The van der Waals surface area contributed by atoms with Crippen molar-refractivity contribution in [1.82, 2.24) is 10.6 Å². The molecule has 1 rings (SSSR count). The Morgan fingerprint density at radius 2 is 2.10 bits per heavy atom. The number of aliphatic imine (C=N–C) groups is 1.